The lowest BCUT2D eigenvalue weighted by molar-refractivity contribution is 0.168. The molecule has 0 aliphatic heterocycles. The third-order valence-corrected chi connectivity index (χ3v) is 1.61. The van der Waals surface area contributed by atoms with Gasteiger partial charge in [-0.15, -0.1) is 0 Å². The molecule has 0 saturated carbocycles. The molecule has 0 fully saturated rings. The van der Waals surface area contributed by atoms with Gasteiger partial charge in [0.15, 0.2) is 0 Å². The Balaban J connectivity index is 0. The van der Waals surface area contributed by atoms with Crippen LogP contribution in [-0.2, 0) is 4.74 Å². The van der Waals surface area contributed by atoms with E-state index in [9.17, 15) is 0 Å². The molecule has 11 heavy (non-hydrogen) atoms. The van der Waals surface area contributed by atoms with Crippen LogP contribution in [0.25, 0.3) is 0 Å². The minimum absolute atomic E-state index is 0.218. The maximum Gasteiger partial charge on any atom is 0.0479 e. The molecule has 70 valence electrons. The van der Waals surface area contributed by atoms with E-state index in [-0.39, 0.29) is 5.54 Å². The Morgan fingerprint density at radius 1 is 1.27 bits per heavy atom. The zero-order valence-electron chi connectivity index (χ0n) is 8.82. The van der Waals surface area contributed by atoms with Gasteiger partial charge in [0.1, 0.15) is 0 Å². The molecule has 0 aromatic carbocycles. The Labute approximate surface area is 71.3 Å². The first-order chi connectivity index (χ1) is 5.12. The van der Waals surface area contributed by atoms with Crippen molar-refractivity contribution in [3.8, 4) is 0 Å². The van der Waals surface area contributed by atoms with Gasteiger partial charge in [-0.2, -0.15) is 0 Å². The van der Waals surface area contributed by atoms with E-state index >= 15 is 0 Å². The molecule has 0 aromatic rings. The Kier molecular flexibility index (Phi) is 9.85. The maximum atomic E-state index is 4.94. The zero-order valence-corrected chi connectivity index (χ0v) is 8.82. The fraction of sp³-hybridized carbons (Fsp3) is 1.00. The highest BCUT2D eigenvalue weighted by atomic mass is 16.5. The second kappa shape index (κ2) is 8.02. The molecule has 0 aliphatic carbocycles. The summed E-state index contributed by atoms with van der Waals surface area (Å²) in [5, 5.41) is 3.20. The topological polar surface area (TPSA) is 21.3 Å². The van der Waals surface area contributed by atoms with Crippen molar-refractivity contribution in [2.24, 2.45) is 0 Å². The molecule has 0 unspecified atom stereocenters. The monoisotopic (exact) mass is 161 g/mol. The van der Waals surface area contributed by atoms with Crippen molar-refractivity contribution in [3.05, 3.63) is 0 Å². The molecule has 2 heteroatoms. The first-order valence-electron chi connectivity index (χ1n) is 4.30. The molecular formula is C9H23NO. The van der Waals surface area contributed by atoms with Gasteiger partial charge >= 0.3 is 0 Å². The Morgan fingerprint density at radius 2 is 1.73 bits per heavy atom. The molecule has 0 amide bonds. The van der Waals surface area contributed by atoms with E-state index in [1.807, 2.05) is 20.9 Å². The van der Waals surface area contributed by atoms with Crippen molar-refractivity contribution in [3.63, 3.8) is 0 Å². The van der Waals surface area contributed by atoms with E-state index in [0.717, 1.165) is 13.0 Å². The molecule has 0 aliphatic rings. The summed E-state index contributed by atoms with van der Waals surface area (Å²) in [6, 6.07) is 0. The van der Waals surface area contributed by atoms with E-state index in [4.69, 9.17) is 4.74 Å². The van der Waals surface area contributed by atoms with Crippen LogP contribution in [0.5, 0.6) is 0 Å². The predicted molar refractivity (Wildman–Crippen MR) is 51.0 cm³/mol. The number of hydrogen-bond donors (Lipinski definition) is 1. The molecule has 0 rings (SSSR count). The van der Waals surface area contributed by atoms with Crippen molar-refractivity contribution >= 4 is 0 Å². The van der Waals surface area contributed by atoms with E-state index in [1.54, 1.807) is 7.11 Å². The molecule has 0 aromatic heterocycles. The van der Waals surface area contributed by atoms with Crippen LogP contribution in [0.15, 0.2) is 0 Å². The molecule has 1 N–H and O–H groups in total. The average molecular weight is 161 g/mol. The molecule has 0 spiro atoms. The summed E-state index contributed by atoms with van der Waals surface area (Å²) in [4.78, 5) is 0. The predicted octanol–water partition coefficient (Wildman–Crippen LogP) is 2.05. The first-order valence-corrected chi connectivity index (χ1v) is 4.30. The zero-order chi connectivity index (χ0) is 9.33. The van der Waals surface area contributed by atoms with Gasteiger partial charge in [0.2, 0.25) is 0 Å². The summed E-state index contributed by atoms with van der Waals surface area (Å²) in [5.41, 5.74) is 0.218. The highest BCUT2D eigenvalue weighted by Gasteiger charge is 2.12. The van der Waals surface area contributed by atoms with Crippen LogP contribution in [0, 0.1) is 0 Å². The summed E-state index contributed by atoms with van der Waals surface area (Å²) in [6.07, 6.45) is 1.06. The highest BCUT2D eigenvalue weighted by molar-refractivity contribution is 4.73. The van der Waals surface area contributed by atoms with E-state index < -0.39 is 0 Å². The molecule has 0 atom stereocenters. The van der Waals surface area contributed by atoms with Gasteiger partial charge < -0.3 is 10.1 Å². The lowest BCUT2D eigenvalue weighted by Gasteiger charge is -2.22. The van der Waals surface area contributed by atoms with Gasteiger partial charge in [-0.25, -0.2) is 0 Å². The molecule has 0 radical (unpaired) electrons. The quantitative estimate of drug-likeness (QED) is 0.681. The van der Waals surface area contributed by atoms with E-state index in [1.165, 1.54) is 0 Å². The summed E-state index contributed by atoms with van der Waals surface area (Å²) in [5.74, 6) is 0. The summed E-state index contributed by atoms with van der Waals surface area (Å²) >= 11 is 0. The van der Waals surface area contributed by atoms with Crippen molar-refractivity contribution in [1.29, 1.82) is 0 Å². The van der Waals surface area contributed by atoms with Crippen LogP contribution in [0.2, 0.25) is 0 Å². The van der Waals surface area contributed by atoms with Gasteiger partial charge in [-0.3, -0.25) is 0 Å². The fourth-order valence-corrected chi connectivity index (χ4v) is 0.482. The number of rotatable bonds is 4. The van der Waals surface area contributed by atoms with Crippen LogP contribution in [0.1, 0.15) is 34.1 Å². The van der Waals surface area contributed by atoms with Crippen molar-refractivity contribution < 1.29 is 4.74 Å². The number of ether oxygens (including phenoxy) is 1. The highest BCUT2D eigenvalue weighted by Crippen LogP contribution is 2.05. The van der Waals surface area contributed by atoms with Gasteiger partial charge in [-0.05, 0) is 27.3 Å². The Hall–Kier alpha value is -0.0800. The van der Waals surface area contributed by atoms with Gasteiger partial charge in [0.05, 0.1) is 0 Å². The molecule has 0 bridgehead atoms. The third kappa shape index (κ3) is 9.92. The Bertz CT molecular complexity index is 72.0. The maximum absolute atomic E-state index is 4.94. The molecule has 0 heterocycles. The van der Waals surface area contributed by atoms with E-state index in [2.05, 4.69) is 19.2 Å². The van der Waals surface area contributed by atoms with Crippen LogP contribution in [0.3, 0.4) is 0 Å². The minimum Gasteiger partial charge on any atom is -0.385 e. The molecule has 2 nitrogen and oxygen atoms in total. The smallest absolute Gasteiger partial charge is 0.0479 e. The molecular weight excluding hydrogens is 138 g/mol. The SMILES string of the molecule is CC.CNC(C)(C)CCOC. The summed E-state index contributed by atoms with van der Waals surface area (Å²) < 4.78 is 4.94. The van der Waals surface area contributed by atoms with Crippen molar-refractivity contribution in [2.75, 3.05) is 20.8 Å². The lowest BCUT2D eigenvalue weighted by atomic mass is 10.0. The van der Waals surface area contributed by atoms with Gasteiger partial charge in [0.25, 0.3) is 0 Å². The van der Waals surface area contributed by atoms with Gasteiger partial charge in [0, 0.05) is 19.3 Å². The normalized spacial score (nSPS) is 10.4. The molecule has 0 saturated heterocycles. The summed E-state index contributed by atoms with van der Waals surface area (Å²) in [6.45, 7) is 9.14. The number of methoxy groups -OCH3 is 1. The standard InChI is InChI=1S/C7H17NO.C2H6/c1-7(2,8-3)5-6-9-4;1-2/h8H,5-6H2,1-4H3;1-2H3. The van der Waals surface area contributed by atoms with Gasteiger partial charge in [-0.1, -0.05) is 13.8 Å². The van der Waals surface area contributed by atoms with Crippen LogP contribution >= 0.6 is 0 Å². The first kappa shape index (κ1) is 13.5. The number of nitrogens with one attached hydrogen (secondary N) is 1. The Morgan fingerprint density at radius 3 is 2.00 bits per heavy atom. The van der Waals surface area contributed by atoms with Crippen LogP contribution in [0.4, 0.5) is 0 Å². The summed E-state index contributed by atoms with van der Waals surface area (Å²) in [7, 11) is 3.70. The second-order valence-corrected chi connectivity index (χ2v) is 2.88. The largest absolute Gasteiger partial charge is 0.385 e. The fourth-order valence-electron chi connectivity index (χ4n) is 0.482. The van der Waals surface area contributed by atoms with Crippen molar-refractivity contribution in [1.82, 2.24) is 5.32 Å². The average Bonchev–Trinajstić information content (AvgIpc) is 2.05. The second-order valence-electron chi connectivity index (χ2n) is 2.88. The number of hydrogen-bond acceptors (Lipinski definition) is 2. The minimum atomic E-state index is 0.218. The van der Waals surface area contributed by atoms with Crippen LogP contribution in [-0.4, -0.2) is 26.3 Å². The van der Waals surface area contributed by atoms with Crippen molar-refractivity contribution in [2.45, 2.75) is 39.7 Å². The lowest BCUT2D eigenvalue weighted by Crippen LogP contribution is -2.37. The van der Waals surface area contributed by atoms with Crippen LogP contribution < -0.4 is 5.32 Å². The van der Waals surface area contributed by atoms with E-state index in [0.29, 0.717) is 0 Å². The third-order valence-electron chi connectivity index (χ3n) is 1.61.